The zero-order valence-electron chi connectivity index (χ0n) is 19.6. The van der Waals surface area contributed by atoms with Crippen LogP contribution in [0.25, 0.3) is 18.2 Å². The molecule has 7 heteroatoms. The molecule has 0 fully saturated rings. The molecule has 0 aliphatic heterocycles. The molecule has 0 saturated heterocycles. The molecule has 0 aliphatic rings. The van der Waals surface area contributed by atoms with Crippen molar-refractivity contribution < 1.29 is 23.7 Å². The fourth-order valence-corrected chi connectivity index (χ4v) is 3.27. The number of nitrogens with two attached hydrogens (primary N) is 1. The van der Waals surface area contributed by atoms with Crippen molar-refractivity contribution in [2.45, 2.75) is 0 Å². The van der Waals surface area contributed by atoms with E-state index in [1.165, 1.54) is 6.08 Å². The van der Waals surface area contributed by atoms with Gasteiger partial charge in [-0.2, -0.15) is 0 Å². The Balaban J connectivity index is 1.80. The lowest BCUT2D eigenvalue weighted by atomic mass is 10.1. The lowest BCUT2D eigenvalue weighted by Gasteiger charge is -2.13. The number of ether oxygens (including phenoxy) is 4. The van der Waals surface area contributed by atoms with Crippen molar-refractivity contribution in [1.29, 1.82) is 0 Å². The van der Waals surface area contributed by atoms with Gasteiger partial charge in [-0.05, 0) is 59.2 Å². The highest BCUT2D eigenvalue weighted by Gasteiger charge is 2.12. The Morgan fingerprint density at radius 2 is 1.29 bits per heavy atom. The Hall–Kier alpha value is -4.39. The van der Waals surface area contributed by atoms with Gasteiger partial charge in [-0.15, -0.1) is 0 Å². The van der Waals surface area contributed by atoms with Crippen LogP contribution in [0, 0.1) is 0 Å². The minimum atomic E-state index is -0.277. The summed E-state index contributed by atoms with van der Waals surface area (Å²) < 4.78 is 21.6. The highest BCUT2D eigenvalue weighted by molar-refractivity contribution is 6.03. The van der Waals surface area contributed by atoms with Gasteiger partial charge >= 0.3 is 0 Å². The fraction of sp³-hybridized carbons (Fsp3) is 0.148. The molecule has 0 atom stereocenters. The molecule has 3 rings (SSSR count). The van der Waals surface area contributed by atoms with Gasteiger partial charge in [0.2, 0.25) is 11.7 Å². The number of amides is 1. The van der Waals surface area contributed by atoms with E-state index in [4.69, 9.17) is 24.7 Å². The predicted molar refractivity (Wildman–Crippen MR) is 137 cm³/mol. The number of nitrogens with one attached hydrogen (secondary N) is 1. The van der Waals surface area contributed by atoms with E-state index in [1.54, 1.807) is 52.7 Å². The molecule has 0 radical (unpaired) electrons. The molecule has 0 aromatic heterocycles. The second-order valence-corrected chi connectivity index (χ2v) is 7.24. The fourth-order valence-electron chi connectivity index (χ4n) is 3.27. The molecule has 1 amide bonds. The number of nitrogen functional groups attached to an aromatic ring is 1. The molecule has 0 saturated carbocycles. The standard InChI is InChI=1S/C27H28N2O5/c1-31-23-13-9-19(5-6-20-16-24(32-2)27(34-4)25(17-20)33-3)15-22(23)29-26(30)14-10-18-7-11-21(28)12-8-18/h5-17H,28H2,1-4H3,(H,29,30)/b6-5?,14-10+. The highest BCUT2D eigenvalue weighted by atomic mass is 16.5. The molecule has 176 valence electrons. The Morgan fingerprint density at radius 3 is 1.88 bits per heavy atom. The van der Waals surface area contributed by atoms with Crippen molar-refractivity contribution in [1.82, 2.24) is 0 Å². The summed E-state index contributed by atoms with van der Waals surface area (Å²) in [7, 11) is 6.27. The van der Waals surface area contributed by atoms with Crippen molar-refractivity contribution in [2.24, 2.45) is 0 Å². The quantitative estimate of drug-likeness (QED) is 0.261. The summed E-state index contributed by atoms with van der Waals surface area (Å²) in [4.78, 5) is 12.5. The second-order valence-electron chi connectivity index (χ2n) is 7.24. The van der Waals surface area contributed by atoms with Gasteiger partial charge in [0.1, 0.15) is 5.75 Å². The molecule has 34 heavy (non-hydrogen) atoms. The van der Waals surface area contributed by atoms with Crippen molar-refractivity contribution in [2.75, 3.05) is 39.5 Å². The maximum Gasteiger partial charge on any atom is 0.248 e. The van der Waals surface area contributed by atoms with Crippen LogP contribution in [0.1, 0.15) is 16.7 Å². The zero-order valence-corrected chi connectivity index (χ0v) is 19.6. The van der Waals surface area contributed by atoms with Gasteiger partial charge in [-0.1, -0.05) is 30.4 Å². The number of hydrogen-bond acceptors (Lipinski definition) is 6. The number of rotatable bonds is 9. The van der Waals surface area contributed by atoms with E-state index >= 15 is 0 Å². The van der Waals surface area contributed by atoms with Gasteiger partial charge in [-0.25, -0.2) is 0 Å². The highest BCUT2D eigenvalue weighted by Crippen LogP contribution is 2.38. The van der Waals surface area contributed by atoms with Crippen LogP contribution in [-0.2, 0) is 4.79 Å². The van der Waals surface area contributed by atoms with Crippen LogP contribution < -0.4 is 30.0 Å². The van der Waals surface area contributed by atoms with Crippen LogP contribution in [-0.4, -0.2) is 34.3 Å². The summed E-state index contributed by atoms with van der Waals surface area (Å²) in [6.07, 6.45) is 7.01. The first-order chi connectivity index (χ1) is 16.5. The van der Waals surface area contributed by atoms with Gasteiger partial charge in [0.15, 0.2) is 11.5 Å². The number of hydrogen-bond donors (Lipinski definition) is 2. The molecule has 0 aliphatic carbocycles. The molecule has 7 nitrogen and oxygen atoms in total. The number of anilines is 2. The molecule has 3 aromatic carbocycles. The molecule has 0 heterocycles. The smallest absolute Gasteiger partial charge is 0.248 e. The minimum absolute atomic E-state index is 0.277. The van der Waals surface area contributed by atoms with Crippen molar-refractivity contribution in [3.05, 3.63) is 77.4 Å². The Bertz CT molecular complexity index is 1180. The van der Waals surface area contributed by atoms with Crippen LogP contribution in [0.3, 0.4) is 0 Å². The lowest BCUT2D eigenvalue weighted by molar-refractivity contribution is -0.111. The van der Waals surface area contributed by atoms with Gasteiger partial charge in [0.05, 0.1) is 34.1 Å². The van der Waals surface area contributed by atoms with Crippen molar-refractivity contribution in [3.8, 4) is 23.0 Å². The van der Waals surface area contributed by atoms with Crippen LogP contribution in [0.2, 0.25) is 0 Å². The third kappa shape index (κ3) is 6.10. The van der Waals surface area contributed by atoms with E-state index in [9.17, 15) is 4.79 Å². The Morgan fingerprint density at radius 1 is 0.706 bits per heavy atom. The maximum absolute atomic E-state index is 12.5. The molecular weight excluding hydrogens is 432 g/mol. The number of carbonyl (C=O) groups excluding carboxylic acids is 1. The molecule has 3 aromatic rings. The first-order valence-electron chi connectivity index (χ1n) is 10.5. The largest absolute Gasteiger partial charge is 0.495 e. The van der Waals surface area contributed by atoms with Crippen LogP contribution in [0.15, 0.2) is 60.7 Å². The number of methoxy groups -OCH3 is 4. The second kappa shape index (κ2) is 11.5. The Labute approximate surface area is 199 Å². The predicted octanol–water partition coefficient (Wildman–Crippen LogP) is 5.13. The third-order valence-corrected chi connectivity index (χ3v) is 5.00. The summed E-state index contributed by atoms with van der Waals surface area (Å²) in [5, 5.41) is 2.87. The SMILES string of the molecule is COc1ccc(C=Cc2cc(OC)c(OC)c(OC)c2)cc1NC(=O)/C=C/c1ccc(N)cc1. The van der Waals surface area contributed by atoms with E-state index in [2.05, 4.69) is 5.32 Å². The topological polar surface area (TPSA) is 92.0 Å². The average Bonchev–Trinajstić information content (AvgIpc) is 2.86. The minimum Gasteiger partial charge on any atom is -0.495 e. The average molecular weight is 461 g/mol. The van der Waals surface area contributed by atoms with Crippen LogP contribution in [0.4, 0.5) is 11.4 Å². The lowest BCUT2D eigenvalue weighted by Crippen LogP contribution is -2.09. The summed E-state index contributed by atoms with van der Waals surface area (Å²) in [5.41, 5.74) is 9.52. The monoisotopic (exact) mass is 460 g/mol. The van der Waals surface area contributed by atoms with Gasteiger partial charge in [0, 0.05) is 11.8 Å². The first-order valence-corrected chi connectivity index (χ1v) is 10.5. The molecule has 3 N–H and O–H groups in total. The molecule has 0 bridgehead atoms. The summed E-state index contributed by atoms with van der Waals surface area (Å²) in [5.74, 6) is 1.94. The normalized spacial score (nSPS) is 10.9. The summed E-state index contributed by atoms with van der Waals surface area (Å²) in [6.45, 7) is 0. The molecule has 0 spiro atoms. The van der Waals surface area contributed by atoms with Crippen molar-refractivity contribution >= 4 is 35.5 Å². The molecular formula is C27H28N2O5. The maximum atomic E-state index is 12.5. The van der Waals surface area contributed by atoms with Gasteiger partial charge in [0.25, 0.3) is 0 Å². The number of carbonyl (C=O) groups is 1. The van der Waals surface area contributed by atoms with Gasteiger partial charge in [-0.3, -0.25) is 4.79 Å². The first kappa shape index (κ1) is 24.3. The van der Waals surface area contributed by atoms with Crippen LogP contribution in [0.5, 0.6) is 23.0 Å². The van der Waals surface area contributed by atoms with E-state index in [1.807, 2.05) is 48.6 Å². The summed E-state index contributed by atoms with van der Waals surface area (Å²) >= 11 is 0. The van der Waals surface area contributed by atoms with E-state index in [-0.39, 0.29) is 5.91 Å². The molecule has 0 unspecified atom stereocenters. The van der Waals surface area contributed by atoms with Crippen LogP contribution >= 0.6 is 0 Å². The van der Waals surface area contributed by atoms with E-state index in [0.29, 0.717) is 34.4 Å². The van der Waals surface area contributed by atoms with E-state index < -0.39 is 0 Å². The number of benzene rings is 3. The Kier molecular flexibility index (Phi) is 8.18. The third-order valence-electron chi connectivity index (χ3n) is 5.00. The zero-order chi connectivity index (χ0) is 24.5. The summed E-state index contributed by atoms with van der Waals surface area (Å²) in [6, 6.07) is 16.5. The van der Waals surface area contributed by atoms with Gasteiger partial charge < -0.3 is 30.0 Å². The van der Waals surface area contributed by atoms with E-state index in [0.717, 1.165) is 16.7 Å². The van der Waals surface area contributed by atoms with Crippen molar-refractivity contribution in [3.63, 3.8) is 0 Å².